The van der Waals surface area contributed by atoms with E-state index in [-0.39, 0.29) is 11.8 Å². The first-order chi connectivity index (χ1) is 9.90. The molecule has 1 amide bonds. The summed E-state index contributed by atoms with van der Waals surface area (Å²) in [6.07, 6.45) is 0. The molecule has 0 spiro atoms. The lowest BCUT2D eigenvalue weighted by Crippen LogP contribution is -2.34. The second kappa shape index (κ2) is 5.74. The standard InChI is InChI=1S/C14H19N5OS/c1-5-19(7-8(2)6-15)13(20)12-11(16)10-9(3)17-18(4)14(10)21-12/h8H,5,7,16H2,1-4H3. The van der Waals surface area contributed by atoms with Crippen molar-refractivity contribution < 1.29 is 4.79 Å². The number of hydrogen-bond donors (Lipinski definition) is 1. The molecule has 1 atom stereocenters. The van der Waals surface area contributed by atoms with Crippen LogP contribution >= 0.6 is 11.3 Å². The van der Waals surface area contributed by atoms with Crippen LogP contribution in [0.3, 0.4) is 0 Å². The van der Waals surface area contributed by atoms with Crippen LogP contribution in [0.2, 0.25) is 0 Å². The van der Waals surface area contributed by atoms with Crippen LogP contribution in [0.1, 0.15) is 29.2 Å². The smallest absolute Gasteiger partial charge is 0.266 e. The van der Waals surface area contributed by atoms with Gasteiger partial charge in [0.2, 0.25) is 0 Å². The van der Waals surface area contributed by atoms with Crippen molar-refractivity contribution in [2.45, 2.75) is 20.8 Å². The maximum absolute atomic E-state index is 12.7. The second-order valence-corrected chi connectivity index (χ2v) is 6.11. The molecule has 21 heavy (non-hydrogen) atoms. The number of aryl methyl sites for hydroxylation is 2. The number of rotatable bonds is 4. The van der Waals surface area contributed by atoms with E-state index >= 15 is 0 Å². The summed E-state index contributed by atoms with van der Waals surface area (Å²) in [5.41, 5.74) is 7.48. The Morgan fingerprint density at radius 1 is 1.62 bits per heavy atom. The Labute approximate surface area is 127 Å². The van der Waals surface area contributed by atoms with E-state index in [0.717, 1.165) is 15.9 Å². The Balaban J connectivity index is 2.41. The monoisotopic (exact) mass is 305 g/mol. The highest BCUT2D eigenvalue weighted by Gasteiger charge is 2.25. The molecule has 0 bridgehead atoms. The topological polar surface area (TPSA) is 87.9 Å². The van der Waals surface area contributed by atoms with Crippen molar-refractivity contribution in [2.24, 2.45) is 13.0 Å². The van der Waals surface area contributed by atoms with Crippen molar-refractivity contribution in [2.75, 3.05) is 18.8 Å². The lowest BCUT2D eigenvalue weighted by atomic mass is 10.2. The van der Waals surface area contributed by atoms with Gasteiger partial charge in [-0.3, -0.25) is 9.48 Å². The van der Waals surface area contributed by atoms with Crippen LogP contribution in [0, 0.1) is 24.2 Å². The van der Waals surface area contributed by atoms with Crippen molar-refractivity contribution in [3.63, 3.8) is 0 Å². The minimum atomic E-state index is -0.201. The summed E-state index contributed by atoms with van der Waals surface area (Å²) in [5.74, 6) is -0.314. The van der Waals surface area contributed by atoms with Crippen LogP contribution in [-0.2, 0) is 7.05 Å². The highest BCUT2D eigenvalue weighted by Crippen LogP contribution is 2.36. The fourth-order valence-corrected chi connectivity index (χ4v) is 3.51. The Morgan fingerprint density at radius 3 is 2.81 bits per heavy atom. The molecule has 7 heteroatoms. The van der Waals surface area contributed by atoms with Gasteiger partial charge in [-0.1, -0.05) is 0 Å². The largest absolute Gasteiger partial charge is 0.397 e. The molecule has 2 aromatic heterocycles. The zero-order valence-corrected chi connectivity index (χ0v) is 13.5. The molecule has 0 aliphatic heterocycles. The number of fused-ring (bicyclic) bond motifs is 1. The maximum Gasteiger partial charge on any atom is 0.266 e. The van der Waals surface area contributed by atoms with Crippen molar-refractivity contribution >= 4 is 33.1 Å². The van der Waals surface area contributed by atoms with Crippen LogP contribution in [0.4, 0.5) is 5.69 Å². The zero-order chi connectivity index (χ0) is 15.7. The van der Waals surface area contributed by atoms with Crippen molar-refractivity contribution in [3.05, 3.63) is 10.6 Å². The number of carbonyl (C=O) groups excluding carboxylic acids is 1. The highest BCUT2D eigenvalue weighted by molar-refractivity contribution is 7.21. The van der Waals surface area contributed by atoms with Gasteiger partial charge >= 0.3 is 0 Å². The molecule has 0 aromatic carbocycles. The first-order valence-corrected chi connectivity index (χ1v) is 7.62. The molecule has 2 N–H and O–H groups in total. The third-order valence-electron chi connectivity index (χ3n) is 3.46. The molecule has 0 saturated heterocycles. The van der Waals surface area contributed by atoms with Crippen molar-refractivity contribution in [3.8, 4) is 6.07 Å². The van der Waals surface area contributed by atoms with E-state index in [1.54, 1.807) is 16.5 Å². The molecule has 1 unspecified atom stereocenters. The molecule has 2 rings (SSSR count). The lowest BCUT2D eigenvalue weighted by molar-refractivity contribution is 0.0758. The van der Waals surface area contributed by atoms with Crippen LogP contribution in [0.25, 0.3) is 10.2 Å². The number of amides is 1. The molecule has 2 heterocycles. The van der Waals surface area contributed by atoms with E-state index in [4.69, 9.17) is 11.0 Å². The van der Waals surface area contributed by atoms with Gasteiger partial charge in [0.1, 0.15) is 9.71 Å². The minimum Gasteiger partial charge on any atom is -0.397 e. The summed E-state index contributed by atoms with van der Waals surface area (Å²) in [4.78, 5) is 15.8. The van der Waals surface area contributed by atoms with Gasteiger partial charge in [0.25, 0.3) is 5.91 Å². The SMILES string of the molecule is CCN(CC(C)C#N)C(=O)c1sc2c(c(C)nn2C)c1N. The van der Waals surface area contributed by atoms with E-state index in [1.165, 1.54) is 11.3 Å². The zero-order valence-electron chi connectivity index (χ0n) is 12.7. The fraction of sp³-hybridized carbons (Fsp3) is 0.500. The summed E-state index contributed by atoms with van der Waals surface area (Å²) < 4.78 is 1.75. The van der Waals surface area contributed by atoms with Gasteiger partial charge in [0, 0.05) is 20.1 Å². The van der Waals surface area contributed by atoms with Crippen LogP contribution in [0.5, 0.6) is 0 Å². The number of thiophene rings is 1. The number of nitrogens with zero attached hydrogens (tertiary/aromatic N) is 4. The average molecular weight is 305 g/mol. The van der Waals surface area contributed by atoms with Crippen molar-refractivity contribution in [1.82, 2.24) is 14.7 Å². The summed E-state index contributed by atoms with van der Waals surface area (Å²) in [6.45, 7) is 6.55. The highest BCUT2D eigenvalue weighted by atomic mass is 32.1. The number of aromatic nitrogens is 2. The first kappa shape index (κ1) is 15.3. The van der Waals surface area contributed by atoms with E-state index in [1.807, 2.05) is 20.9 Å². The molecule has 0 radical (unpaired) electrons. The minimum absolute atomic E-state index is 0.113. The maximum atomic E-state index is 12.7. The molecule has 6 nitrogen and oxygen atoms in total. The van der Waals surface area contributed by atoms with Gasteiger partial charge in [-0.25, -0.2) is 0 Å². The number of nitrogen functional groups attached to an aromatic ring is 1. The molecule has 0 aliphatic rings. The number of anilines is 1. The third kappa shape index (κ3) is 2.59. The van der Waals surface area contributed by atoms with Gasteiger partial charge in [-0.05, 0) is 20.8 Å². The summed E-state index contributed by atoms with van der Waals surface area (Å²) in [5, 5.41) is 14.1. The van der Waals surface area contributed by atoms with Gasteiger partial charge in [0.15, 0.2) is 0 Å². The van der Waals surface area contributed by atoms with E-state index in [0.29, 0.717) is 23.7 Å². The van der Waals surface area contributed by atoms with Gasteiger partial charge < -0.3 is 10.6 Å². The Bertz CT molecular complexity index is 724. The van der Waals surface area contributed by atoms with Gasteiger partial charge in [0.05, 0.1) is 28.8 Å². The van der Waals surface area contributed by atoms with Crippen molar-refractivity contribution in [1.29, 1.82) is 5.26 Å². The number of carbonyl (C=O) groups is 1. The second-order valence-electron chi connectivity index (χ2n) is 5.11. The average Bonchev–Trinajstić information content (AvgIpc) is 2.94. The molecular weight excluding hydrogens is 286 g/mol. The van der Waals surface area contributed by atoms with E-state index < -0.39 is 0 Å². The Kier molecular flexibility index (Phi) is 4.19. The van der Waals surface area contributed by atoms with Crippen LogP contribution in [-0.4, -0.2) is 33.7 Å². The van der Waals surface area contributed by atoms with Crippen LogP contribution < -0.4 is 5.73 Å². The molecular formula is C14H19N5OS. The van der Waals surface area contributed by atoms with Gasteiger partial charge in [-0.2, -0.15) is 10.4 Å². The lowest BCUT2D eigenvalue weighted by Gasteiger charge is -2.21. The molecule has 2 aromatic rings. The summed E-state index contributed by atoms with van der Waals surface area (Å²) >= 11 is 1.36. The summed E-state index contributed by atoms with van der Waals surface area (Å²) in [7, 11) is 1.84. The Morgan fingerprint density at radius 2 is 2.29 bits per heavy atom. The molecule has 112 valence electrons. The Hall–Kier alpha value is -2.07. The first-order valence-electron chi connectivity index (χ1n) is 6.81. The van der Waals surface area contributed by atoms with Crippen LogP contribution in [0.15, 0.2) is 0 Å². The summed E-state index contributed by atoms with van der Waals surface area (Å²) in [6, 6.07) is 2.15. The van der Waals surface area contributed by atoms with E-state index in [9.17, 15) is 4.79 Å². The molecule has 0 saturated carbocycles. The predicted octanol–water partition coefficient (Wildman–Crippen LogP) is 2.15. The number of hydrogen-bond acceptors (Lipinski definition) is 5. The molecule has 0 fully saturated rings. The van der Waals surface area contributed by atoms with E-state index in [2.05, 4.69) is 11.2 Å². The fourth-order valence-electron chi connectivity index (χ4n) is 2.36. The molecule has 0 aliphatic carbocycles. The predicted molar refractivity (Wildman–Crippen MR) is 84.1 cm³/mol. The normalized spacial score (nSPS) is 12.3. The number of nitriles is 1. The van der Waals surface area contributed by atoms with Gasteiger partial charge in [-0.15, -0.1) is 11.3 Å². The third-order valence-corrected chi connectivity index (χ3v) is 4.72. The quantitative estimate of drug-likeness (QED) is 0.937. The number of nitrogens with two attached hydrogens (primary N) is 1.